The van der Waals surface area contributed by atoms with Crippen molar-refractivity contribution in [3.63, 3.8) is 0 Å². The maximum absolute atomic E-state index is 12.2. The van der Waals surface area contributed by atoms with Gasteiger partial charge < -0.3 is 19.0 Å². The van der Waals surface area contributed by atoms with Crippen molar-refractivity contribution in [2.75, 3.05) is 53.0 Å². The molecule has 0 radical (unpaired) electrons. The first kappa shape index (κ1) is 17.4. The summed E-state index contributed by atoms with van der Waals surface area (Å²) in [6.45, 7) is 8.37. The fraction of sp³-hybridized carbons (Fsp3) is 0.765. The number of carbonyl (C=O) groups is 1. The zero-order valence-electron chi connectivity index (χ0n) is 14.7. The Kier molecular flexibility index (Phi) is 5.86. The van der Waals surface area contributed by atoms with Crippen LogP contribution in [0.5, 0.6) is 0 Å². The highest BCUT2D eigenvalue weighted by molar-refractivity contribution is 5.76. The van der Waals surface area contributed by atoms with Crippen molar-refractivity contribution < 1.29 is 13.9 Å². The summed E-state index contributed by atoms with van der Waals surface area (Å²) in [6.07, 6.45) is 3.50. The number of carbonyl (C=O) groups excluding carboxylic acids is 1. The van der Waals surface area contributed by atoms with Crippen molar-refractivity contribution in [1.82, 2.24) is 19.7 Å². The molecule has 2 aliphatic rings. The van der Waals surface area contributed by atoms with Gasteiger partial charge in [-0.3, -0.25) is 9.69 Å². The van der Waals surface area contributed by atoms with Crippen LogP contribution in [0.25, 0.3) is 0 Å². The minimum absolute atomic E-state index is 0.255. The summed E-state index contributed by atoms with van der Waals surface area (Å²) in [5.41, 5.74) is 0. The van der Waals surface area contributed by atoms with E-state index >= 15 is 0 Å². The number of hydrogen-bond donors (Lipinski definition) is 0. The molecule has 2 aliphatic heterocycles. The molecule has 0 N–H and O–H groups in total. The zero-order chi connectivity index (χ0) is 16.9. The zero-order valence-corrected chi connectivity index (χ0v) is 14.7. The molecule has 3 heterocycles. The van der Waals surface area contributed by atoms with Crippen molar-refractivity contribution >= 4 is 5.91 Å². The van der Waals surface area contributed by atoms with Crippen LogP contribution in [0, 0.1) is 6.92 Å². The van der Waals surface area contributed by atoms with Gasteiger partial charge in [0.05, 0.1) is 26.0 Å². The van der Waals surface area contributed by atoms with E-state index in [4.69, 9.17) is 9.15 Å². The lowest BCUT2D eigenvalue weighted by Crippen LogP contribution is -2.42. The third-order valence-electron chi connectivity index (χ3n) is 4.93. The number of likely N-dealkylation sites (N-methyl/N-ethyl adjacent to an activating group) is 1. The van der Waals surface area contributed by atoms with Gasteiger partial charge in [-0.15, -0.1) is 0 Å². The van der Waals surface area contributed by atoms with Gasteiger partial charge in [0.25, 0.3) is 0 Å². The van der Waals surface area contributed by atoms with E-state index in [0.717, 1.165) is 57.3 Å². The lowest BCUT2D eigenvalue weighted by atomic mass is 10.2. The third kappa shape index (κ3) is 4.55. The smallest absolute Gasteiger partial charge is 0.224 e. The molecular weight excluding hydrogens is 308 g/mol. The highest BCUT2D eigenvalue weighted by Crippen LogP contribution is 2.17. The average molecular weight is 336 g/mol. The van der Waals surface area contributed by atoms with Crippen LogP contribution in [-0.4, -0.2) is 84.6 Å². The summed E-state index contributed by atoms with van der Waals surface area (Å²) in [5.74, 6) is 1.88. The molecule has 134 valence electrons. The van der Waals surface area contributed by atoms with Crippen molar-refractivity contribution in [1.29, 1.82) is 0 Å². The molecule has 0 unspecified atom stereocenters. The molecule has 24 heavy (non-hydrogen) atoms. The van der Waals surface area contributed by atoms with Crippen LogP contribution in [0.3, 0.4) is 0 Å². The summed E-state index contributed by atoms with van der Waals surface area (Å²) >= 11 is 0. The fourth-order valence-electron chi connectivity index (χ4n) is 3.42. The molecule has 0 spiro atoms. The maximum atomic E-state index is 12.2. The van der Waals surface area contributed by atoms with E-state index in [-0.39, 0.29) is 5.91 Å². The molecule has 2 saturated heterocycles. The van der Waals surface area contributed by atoms with Gasteiger partial charge in [0, 0.05) is 38.6 Å². The Bertz CT molecular complexity index is 542. The number of aromatic nitrogens is 1. The quantitative estimate of drug-likeness (QED) is 0.763. The van der Waals surface area contributed by atoms with E-state index in [1.165, 1.54) is 0 Å². The predicted octanol–water partition coefficient (Wildman–Crippen LogP) is 0.738. The number of amides is 1. The Balaban J connectivity index is 1.39. The molecule has 0 aromatic carbocycles. The molecule has 0 aliphatic carbocycles. The van der Waals surface area contributed by atoms with E-state index in [9.17, 15) is 4.79 Å². The second-order valence-corrected chi connectivity index (χ2v) is 6.77. The van der Waals surface area contributed by atoms with Crippen LogP contribution in [0.4, 0.5) is 0 Å². The van der Waals surface area contributed by atoms with Gasteiger partial charge in [0.2, 0.25) is 11.8 Å². The van der Waals surface area contributed by atoms with Gasteiger partial charge >= 0.3 is 0 Å². The number of rotatable bonds is 6. The Hall–Kier alpha value is -1.44. The van der Waals surface area contributed by atoms with E-state index < -0.39 is 0 Å². The van der Waals surface area contributed by atoms with E-state index in [2.05, 4.69) is 21.8 Å². The predicted molar refractivity (Wildman–Crippen MR) is 89.6 cm³/mol. The molecule has 2 fully saturated rings. The van der Waals surface area contributed by atoms with E-state index in [1.54, 1.807) is 6.20 Å². The lowest BCUT2D eigenvalue weighted by Gasteiger charge is -2.28. The molecular formula is C17H28N4O3. The number of aryl methyl sites for hydroxylation is 1. The van der Waals surface area contributed by atoms with Crippen LogP contribution in [-0.2, 0) is 16.1 Å². The number of likely N-dealkylation sites (tertiary alicyclic amines) is 1. The van der Waals surface area contributed by atoms with Gasteiger partial charge in [0.1, 0.15) is 5.76 Å². The average Bonchev–Trinajstić information content (AvgIpc) is 3.22. The van der Waals surface area contributed by atoms with Gasteiger partial charge in [-0.05, 0) is 26.9 Å². The molecule has 0 bridgehead atoms. The molecule has 1 atom stereocenters. The van der Waals surface area contributed by atoms with E-state index in [1.807, 2.05) is 11.8 Å². The van der Waals surface area contributed by atoms with Crippen LogP contribution in [0.15, 0.2) is 10.6 Å². The molecule has 1 aromatic heterocycles. The topological polar surface area (TPSA) is 62.1 Å². The second-order valence-electron chi connectivity index (χ2n) is 6.77. The molecule has 7 nitrogen and oxygen atoms in total. The number of oxazole rings is 1. The van der Waals surface area contributed by atoms with Gasteiger partial charge in [-0.25, -0.2) is 4.98 Å². The van der Waals surface area contributed by atoms with Crippen molar-refractivity contribution in [2.45, 2.75) is 32.4 Å². The molecule has 7 heteroatoms. The minimum Gasteiger partial charge on any atom is -0.445 e. The SMILES string of the molecule is Cc1cnc(CN(C)[C@H]2CCN(CCC(=O)N3CCOCC3)C2)o1. The van der Waals surface area contributed by atoms with E-state index in [0.29, 0.717) is 25.7 Å². The van der Waals surface area contributed by atoms with Gasteiger partial charge in [-0.2, -0.15) is 0 Å². The van der Waals surface area contributed by atoms with Crippen molar-refractivity contribution in [3.05, 3.63) is 17.8 Å². The Morgan fingerprint density at radius 2 is 2.17 bits per heavy atom. The Morgan fingerprint density at radius 1 is 1.38 bits per heavy atom. The number of ether oxygens (including phenoxy) is 1. The Labute approximate surface area is 143 Å². The summed E-state index contributed by atoms with van der Waals surface area (Å²) < 4.78 is 10.9. The number of morpholine rings is 1. The molecule has 3 rings (SSSR count). The molecule has 0 saturated carbocycles. The standard InChI is InChI=1S/C17H28N4O3/c1-14-11-18-16(24-14)13-19(2)15-3-5-20(12-15)6-4-17(22)21-7-9-23-10-8-21/h11,15H,3-10,12-13H2,1-2H3/t15-/m0/s1. The van der Waals surface area contributed by atoms with Crippen molar-refractivity contribution in [3.8, 4) is 0 Å². The Morgan fingerprint density at radius 3 is 2.88 bits per heavy atom. The normalized spacial score (nSPS) is 22.5. The van der Waals surface area contributed by atoms with Crippen molar-refractivity contribution in [2.24, 2.45) is 0 Å². The van der Waals surface area contributed by atoms with Crippen LogP contribution in [0.1, 0.15) is 24.5 Å². The second kappa shape index (κ2) is 8.09. The largest absolute Gasteiger partial charge is 0.445 e. The minimum atomic E-state index is 0.255. The third-order valence-corrected chi connectivity index (χ3v) is 4.93. The monoisotopic (exact) mass is 336 g/mol. The maximum Gasteiger partial charge on any atom is 0.224 e. The lowest BCUT2D eigenvalue weighted by molar-refractivity contribution is -0.135. The molecule has 1 aromatic rings. The number of hydrogen-bond acceptors (Lipinski definition) is 6. The van der Waals surface area contributed by atoms with Crippen LogP contribution < -0.4 is 0 Å². The summed E-state index contributed by atoms with van der Waals surface area (Å²) in [5, 5.41) is 0. The summed E-state index contributed by atoms with van der Waals surface area (Å²) in [7, 11) is 2.12. The van der Waals surface area contributed by atoms with Crippen LogP contribution in [0.2, 0.25) is 0 Å². The highest BCUT2D eigenvalue weighted by atomic mass is 16.5. The van der Waals surface area contributed by atoms with Gasteiger partial charge in [-0.1, -0.05) is 0 Å². The summed E-state index contributed by atoms with van der Waals surface area (Å²) in [6, 6.07) is 0.496. The fourth-order valence-corrected chi connectivity index (χ4v) is 3.42. The molecule has 1 amide bonds. The first-order valence-corrected chi connectivity index (χ1v) is 8.81. The summed E-state index contributed by atoms with van der Waals surface area (Å²) in [4.78, 5) is 23.1. The number of nitrogens with zero attached hydrogens (tertiary/aromatic N) is 4. The highest BCUT2D eigenvalue weighted by Gasteiger charge is 2.27. The van der Waals surface area contributed by atoms with Crippen LogP contribution >= 0.6 is 0 Å². The first-order valence-electron chi connectivity index (χ1n) is 8.81. The first-order chi connectivity index (χ1) is 11.6. The van der Waals surface area contributed by atoms with Gasteiger partial charge in [0.15, 0.2) is 0 Å².